The number of imidazole rings is 1. The molecular formula is C17H23N3. The van der Waals surface area contributed by atoms with Gasteiger partial charge in [-0.15, -0.1) is 0 Å². The van der Waals surface area contributed by atoms with Crippen molar-refractivity contribution in [1.82, 2.24) is 15.3 Å². The Morgan fingerprint density at radius 1 is 1.25 bits per heavy atom. The second kappa shape index (κ2) is 5.06. The third-order valence-electron chi connectivity index (χ3n) is 4.72. The highest BCUT2D eigenvalue weighted by Crippen LogP contribution is 2.42. The number of aromatic nitrogens is 2. The molecule has 0 radical (unpaired) electrons. The van der Waals surface area contributed by atoms with Crippen LogP contribution in [-0.4, -0.2) is 23.6 Å². The van der Waals surface area contributed by atoms with Crippen molar-refractivity contribution >= 4 is 0 Å². The van der Waals surface area contributed by atoms with Gasteiger partial charge in [-0.1, -0.05) is 18.6 Å². The number of nitrogens with one attached hydrogen (secondary N) is 2. The van der Waals surface area contributed by atoms with Crippen molar-refractivity contribution in [2.24, 2.45) is 0 Å². The molecule has 1 aromatic heterocycles. The minimum absolute atomic E-state index is 0.229. The van der Waals surface area contributed by atoms with Crippen LogP contribution in [0.2, 0.25) is 0 Å². The van der Waals surface area contributed by atoms with Gasteiger partial charge in [-0.2, -0.15) is 0 Å². The lowest BCUT2D eigenvalue weighted by molar-refractivity contribution is 0.226. The van der Waals surface area contributed by atoms with Crippen LogP contribution in [0.3, 0.4) is 0 Å². The lowest BCUT2D eigenvalue weighted by atomic mass is 9.68. The highest BCUT2D eigenvalue weighted by atomic mass is 15.0. The van der Waals surface area contributed by atoms with Crippen LogP contribution >= 0.6 is 0 Å². The quantitative estimate of drug-likeness (QED) is 0.893. The third kappa shape index (κ3) is 2.16. The Morgan fingerprint density at radius 2 is 2.05 bits per heavy atom. The molecule has 1 aliphatic rings. The summed E-state index contributed by atoms with van der Waals surface area (Å²) in [5.74, 6) is 1.14. The van der Waals surface area contributed by atoms with Crippen LogP contribution in [0.25, 0.3) is 11.3 Å². The van der Waals surface area contributed by atoms with E-state index < -0.39 is 0 Å². The van der Waals surface area contributed by atoms with Crippen molar-refractivity contribution in [2.75, 3.05) is 13.6 Å². The van der Waals surface area contributed by atoms with Crippen LogP contribution in [0.1, 0.15) is 36.2 Å². The lowest BCUT2D eigenvalue weighted by Crippen LogP contribution is -2.43. The van der Waals surface area contributed by atoms with Gasteiger partial charge in [-0.3, -0.25) is 0 Å². The van der Waals surface area contributed by atoms with Gasteiger partial charge in [0.1, 0.15) is 5.82 Å². The van der Waals surface area contributed by atoms with Gasteiger partial charge >= 0.3 is 0 Å². The molecule has 20 heavy (non-hydrogen) atoms. The maximum absolute atomic E-state index is 4.66. The molecule has 1 aromatic carbocycles. The van der Waals surface area contributed by atoms with Crippen molar-refractivity contribution in [1.29, 1.82) is 0 Å². The van der Waals surface area contributed by atoms with Crippen LogP contribution in [0.15, 0.2) is 24.4 Å². The van der Waals surface area contributed by atoms with Gasteiger partial charge < -0.3 is 10.3 Å². The summed E-state index contributed by atoms with van der Waals surface area (Å²) in [6.45, 7) is 5.31. The van der Waals surface area contributed by atoms with Crippen LogP contribution in [-0.2, 0) is 5.41 Å². The van der Waals surface area contributed by atoms with Gasteiger partial charge in [-0.25, -0.2) is 4.98 Å². The number of benzene rings is 1. The van der Waals surface area contributed by atoms with Gasteiger partial charge in [-0.05, 0) is 56.5 Å². The highest BCUT2D eigenvalue weighted by molar-refractivity contribution is 5.60. The molecule has 1 heterocycles. The molecule has 0 amide bonds. The summed E-state index contributed by atoms with van der Waals surface area (Å²) in [7, 11) is 2.02. The van der Waals surface area contributed by atoms with Crippen molar-refractivity contribution in [3.63, 3.8) is 0 Å². The zero-order valence-corrected chi connectivity index (χ0v) is 12.6. The van der Waals surface area contributed by atoms with Gasteiger partial charge in [0.05, 0.1) is 11.9 Å². The van der Waals surface area contributed by atoms with Crippen LogP contribution in [0, 0.1) is 13.8 Å². The summed E-state index contributed by atoms with van der Waals surface area (Å²) < 4.78 is 0. The van der Waals surface area contributed by atoms with E-state index >= 15 is 0 Å². The van der Waals surface area contributed by atoms with Crippen molar-refractivity contribution in [3.8, 4) is 11.3 Å². The van der Waals surface area contributed by atoms with E-state index in [1.54, 1.807) is 0 Å². The molecule has 0 aliphatic heterocycles. The number of nitrogens with zero attached hydrogens (tertiary/aromatic N) is 1. The number of H-pyrrole nitrogens is 1. The number of hydrogen-bond donors (Lipinski definition) is 2. The number of likely N-dealkylation sites (N-methyl/N-ethyl adjacent to an activating group) is 1. The molecule has 2 N–H and O–H groups in total. The summed E-state index contributed by atoms with van der Waals surface area (Å²) in [5.41, 5.74) is 5.25. The Bertz CT molecular complexity index is 608. The summed E-state index contributed by atoms with van der Waals surface area (Å²) in [6.07, 6.45) is 5.75. The molecule has 0 bridgehead atoms. The second-order valence-corrected chi connectivity index (χ2v) is 6.11. The first kappa shape index (κ1) is 13.4. The SMILES string of the molecule is CNCC1(c2ncc(-c3ccc(C)c(C)c3)[nH]2)CCC1. The van der Waals surface area contributed by atoms with Gasteiger partial charge in [0.2, 0.25) is 0 Å². The van der Waals surface area contributed by atoms with E-state index in [1.807, 2.05) is 13.2 Å². The van der Waals surface area contributed by atoms with E-state index in [4.69, 9.17) is 0 Å². The lowest BCUT2D eigenvalue weighted by Gasteiger charge is -2.40. The first-order chi connectivity index (χ1) is 9.64. The first-order valence-electron chi connectivity index (χ1n) is 7.42. The van der Waals surface area contributed by atoms with E-state index in [0.717, 1.165) is 18.1 Å². The normalized spacial score (nSPS) is 16.9. The van der Waals surface area contributed by atoms with E-state index in [2.05, 4.69) is 47.3 Å². The number of aromatic amines is 1. The fraction of sp³-hybridized carbons (Fsp3) is 0.471. The minimum Gasteiger partial charge on any atom is -0.342 e. The maximum Gasteiger partial charge on any atom is 0.114 e. The Hall–Kier alpha value is -1.61. The van der Waals surface area contributed by atoms with Crippen molar-refractivity contribution in [2.45, 2.75) is 38.5 Å². The predicted molar refractivity (Wildman–Crippen MR) is 83.0 cm³/mol. The van der Waals surface area contributed by atoms with Gasteiger partial charge in [0.25, 0.3) is 0 Å². The molecule has 0 saturated heterocycles. The Balaban J connectivity index is 1.91. The summed E-state index contributed by atoms with van der Waals surface area (Å²) >= 11 is 0. The Labute approximate surface area is 120 Å². The zero-order valence-electron chi connectivity index (χ0n) is 12.6. The maximum atomic E-state index is 4.66. The van der Waals surface area contributed by atoms with Crippen LogP contribution < -0.4 is 5.32 Å². The minimum atomic E-state index is 0.229. The van der Waals surface area contributed by atoms with E-state index in [-0.39, 0.29) is 5.41 Å². The molecule has 3 rings (SSSR count). The van der Waals surface area contributed by atoms with Crippen molar-refractivity contribution in [3.05, 3.63) is 41.3 Å². The largest absolute Gasteiger partial charge is 0.342 e. The van der Waals surface area contributed by atoms with E-state index in [9.17, 15) is 0 Å². The third-order valence-corrected chi connectivity index (χ3v) is 4.72. The zero-order chi connectivity index (χ0) is 14.2. The standard InChI is InChI=1S/C17H23N3/c1-12-5-6-14(9-13(12)2)15-10-19-16(20-15)17(11-18-3)7-4-8-17/h5-6,9-10,18H,4,7-8,11H2,1-3H3,(H,19,20). The Kier molecular flexibility index (Phi) is 3.38. The average Bonchev–Trinajstić information content (AvgIpc) is 2.87. The summed E-state index contributed by atoms with van der Waals surface area (Å²) in [5, 5.41) is 3.31. The molecule has 3 nitrogen and oxygen atoms in total. The molecule has 2 aromatic rings. The highest BCUT2D eigenvalue weighted by Gasteiger charge is 2.40. The van der Waals surface area contributed by atoms with Crippen LogP contribution in [0.4, 0.5) is 0 Å². The smallest absolute Gasteiger partial charge is 0.114 e. The first-order valence-corrected chi connectivity index (χ1v) is 7.42. The molecule has 0 unspecified atom stereocenters. The predicted octanol–water partition coefficient (Wildman–Crippen LogP) is 3.33. The number of rotatable bonds is 4. The number of hydrogen-bond acceptors (Lipinski definition) is 2. The molecule has 0 atom stereocenters. The molecular weight excluding hydrogens is 246 g/mol. The topological polar surface area (TPSA) is 40.7 Å². The fourth-order valence-electron chi connectivity index (χ4n) is 3.09. The van der Waals surface area contributed by atoms with E-state index in [0.29, 0.717) is 0 Å². The summed E-state index contributed by atoms with van der Waals surface area (Å²) in [6, 6.07) is 6.58. The average molecular weight is 269 g/mol. The van der Waals surface area contributed by atoms with Gasteiger partial charge in [0.15, 0.2) is 0 Å². The van der Waals surface area contributed by atoms with Crippen molar-refractivity contribution < 1.29 is 0 Å². The molecule has 1 saturated carbocycles. The molecule has 3 heteroatoms. The molecule has 106 valence electrons. The summed E-state index contributed by atoms with van der Waals surface area (Å²) in [4.78, 5) is 8.21. The van der Waals surface area contributed by atoms with Crippen LogP contribution in [0.5, 0.6) is 0 Å². The monoisotopic (exact) mass is 269 g/mol. The van der Waals surface area contributed by atoms with E-state index in [1.165, 1.54) is 36.0 Å². The molecule has 1 fully saturated rings. The molecule has 1 aliphatic carbocycles. The fourth-order valence-corrected chi connectivity index (χ4v) is 3.09. The number of aryl methyl sites for hydroxylation is 2. The molecule has 0 spiro atoms. The Morgan fingerprint density at radius 3 is 2.65 bits per heavy atom. The second-order valence-electron chi connectivity index (χ2n) is 6.11. The van der Waals surface area contributed by atoms with Gasteiger partial charge in [0, 0.05) is 12.0 Å².